The van der Waals surface area contributed by atoms with E-state index in [1.54, 1.807) is 6.26 Å². The van der Waals surface area contributed by atoms with Crippen molar-refractivity contribution in [2.75, 3.05) is 32.7 Å². The fourth-order valence-corrected chi connectivity index (χ4v) is 1.91. The fourth-order valence-electron chi connectivity index (χ4n) is 1.91. The van der Waals surface area contributed by atoms with Crippen LogP contribution in [0, 0.1) is 0 Å². The number of carbonyl (C=O) groups is 1. The Hall–Kier alpha value is -1.33. The van der Waals surface area contributed by atoms with E-state index in [0.29, 0.717) is 0 Å². The van der Waals surface area contributed by atoms with Crippen molar-refractivity contribution in [3.05, 3.63) is 24.2 Å². The maximum absolute atomic E-state index is 11.4. The van der Waals surface area contributed by atoms with Gasteiger partial charge in [0.1, 0.15) is 5.76 Å². The van der Waals surface area contributed by atoms with E-state index in [-0.39, 0.29) is 12.5 Å². The van der Waals surface area contributed by atoms with E-state index in [1.807, 2.05) is 17.0 Å². The van der Waals surface area contributed by atoms with Gasteiger partial charge in [0, 0.05) is 26.2 Å². The van der Waals surface area contributed by atoms with Gasteiger partial charge in [-0.2, -0.15) is 0 Å². The number of nitrogens with zero attached hydrogens (tertiary/aromatic N) is 2. The zero-order valence-electron chi connectivity index (χ0n) is 9.26. The molecule has 0 radical (unpaired) electrons. The number of hydrogen-bond donors (Lipinski definition) is 1. The summed E-state index contributed by atoms with van der Waals surface area (Å²) >= 11 is 0. The molecule has 0 spiro atoms. The first kappa shape index (κ1) is 11.2. The van der Waals surface area contributed by atoms with Gasteiger partial charge in [0.05, 0.1) is 19.4 Å². The second-order valence-corrected chi connectivity index (χ2v) is 3.94. The number of carbonyl (C=O) groups excluding carboxylic acids is 1. The van der Waals surface area contributed by atoms with Gasteiger partial charge in [-0.05, 0) is 12.1 Å². The van der Waals surface area contributed by atoms with Crippen molar-refractivity contribution < 1.29 is 9.21 Å². The Morgan fingerprint density at radius 1 is 1.38 bits per heavy atom. The first-order valence-electron chi connectivity index (χ1n) is 5.52. The number of amides is 1. The number of rotatable bonds is 3. The predicted octanol–water partition coefficient (Wildman–Crippen LogP) is -0.117. The largest absolute Gasteiger partial charge is 0.468 e. The number of nitrogens with two attached hydrogens (primary N) is 1. The lowest BCUT2D eigenvalue weighted by Crippen LogP contribution is -2.49. The summed E-state index contributed by atoms with van der Waals surface area (Å²) in [5.74, 6) is 1.01. The lowest BCUT2D eigenvalue weighted by molar-refractivity contribution is -0.131. The summed E-state index contributed by atoms with van der Waals surface area (Å²) in [5, 5.41) is 0. The van der Waals surface area contributed by atoms with E-state index in [2.05, 4.69) is 4.90 Å². The Kier molecular flexibility index (Phi) is 3.58. The molecule has 0 aromatic carbocycles. The maximum Gasteiger partial charge on any atom is 0.236 e. The van der Waals surface area contributed by atoms with Gasteiger partial charge in [0.25, 0.3) is 0 Å². The number of piperazine rings is 1. The average Bonchev–Trinajstić information content (AvgIpc) is 2.82. The van der Waals surface area contributed by atoms with E-state index in [0.717, 1.165) is 38.5 Å². The second-order valence-electron chi connectivity index (χ2n) is 3.94. The highest BCUT2D eigenvalue weighted by molar-refractivity contribution is 5.78. The van der Waals surface area contributed by atoms with Crippen LogP contribution in [0.25, 0.3) is 0 Å². The summed E-state index contributed by atoms with van der Waals surface area (Å²) in [4.78, 5) is 15.4. The molecule has 0 bridgehead atoms. The summed E-state index contributed by atoms with van der Waals surface area (Å²) < 4.78 is 5.29. The smallest absolute Gasteiger partial charge is 0.236 e. The Morgan fingerprint density at radius 3 is 2.69 bits per heavy atom. The van der Waals surface area contributed by atoms with Gasteiger partial charge < -0.3 is 15.1 Å². The summed E-state index contributed by atoms with van der Waals surface area (Å²) in [5.41, 5.74) is 5.33. The van der Waals surface area contributed by atoms with E-state index in [4.69, 9.17) is 10.2 Å². The summed E-state index contributed by atoms with van der Waals surface area (Å²) in [6.45, 7) is 4.21. The highest BCUT2D eigenvalue weighted by Gasteiger charge is 2.20. The van der Waals surface area contributed by atoms with Crippen LogP contribution in [0.4, 0.5) is 0 Å². The van der Waals surface area contributed by atoms with Gasteiger partial charge in [-0.15, -0.1) is 0 Å². The first-order valence-corrected chi connectivity index (χ1v) is 5.52. The molecule has 5 heteroatoms. The van der Waals surface area contributed by atoms with Gasteiger partial charge in [0.2, 0.25) is 5.91 Å². The van der Waals surface area contributed by atoms with Crippen LogP contribution in [0.1, 0.15) is 5.76 Å². The molecule has 0 unspecified atom stereocenters. The third-order valence-corrected chi connectivity index (χ3v) is 2.86. The molecule has 1 aromatic rings. The zero-order valence-corrected chi connectivity index (χ0v) is 9.26. The van der Waals surface area contributed by atoms with E-state index < -0.39 is 0 Å². The van der Waals surface area contributed by atoms with Crippen molar-refractivity contribution >= 4 is 5.91 Å². The molecule has 88 valence electrons. The van der Waals surface area contributed by atoms with E-state index >= 15 is 0 Å². The minimum absolute atomic E-state index is 0.0395. The molecule has 1 saturated heterocycles. The normalized spacial score (nSPS) is 17.7. The van der Waals surface area contributed by atoms with Crippen LogP contribution in [0.15, 0.2) is 22.8 Å². The lowest BCUT2D eigenvalue weighted by atomic mass is 10.3. The van der Waals surface area contributed by atoms with Crippen molar-refractivity contribution in [2.45, 2.75) is 6.54 Å². The molecular formula is C11H17N3O2. The van der Waals surface area contributed by atoms with Crippen molar-refractivity contribution in [3.8, 4) is 0 Å². The summed E-state index contributed by atoms with van der Waals surface area (Å²) in [6.07, 6.45) is 1.68. The Bertz CT molecular complexity index is 329. The molecule has 0 atom stereocenters. The maximum atomic E-state index is 11.4. The molecule has 1 aromatic heterocycles. The van der Waals surface area contributed by atoms with Crippen LogP contribution >= 0.6 is 0 Å². The molecule has 1 aliphatic heterocycles. The average molecular weight is 223 g/mol. The topological polar surface area (TPSA) is 62.7 Å². The first-order chi connectivity index (χ1) is 7.79. The molecule has 0 aliphatic carbocycles. The third kappa shape index (κ3) is 2.62. The second kappa shape index (κ2) is 5.14. The van der Waals surface area contributed by atoms with E-state index in [9.17, 15) is 4.79 Å². The summed E-state index contributed by atoms with van der Waals surface area (Å²) in [7, 11) is 0. The Balaban J connectivity index is 1.79. The molecule has 2 N–H and O–H groups in total. The lowest BCUT2D eigenvalue weighted by Gasteiger charge is -2.34. The molecule has 1 amide bonds. The molecular weight excluding hydrogens is 206 g/mol. The quantitative estimate of drug-likeness (QED) is 0.776. The van der Waals surface area contributed by atoms with Gasteiger partial charge >= 0.3 is 0 Å². The van der Waals surface area contributed by atoms with Crippen LogP contribution in [0.5, 0.6) is 0 Å². The van der Waals surface area contributed by atoms with Gasteiger partial charge in [-0.3, -0.25) is 9.69 Å². The predicted molar refractivity (Wildman–Crippen MR) is 59.6 cm³/mol. The van der Waals surface area contributed by atoms with E-state index in [1.165, 1.54) is 0 Å². The van der Waals surface area contributed by atoms with Gasteiger partial charge in [0.15, 0.2) is 0 Å². The number of hydrogen-bond acceptors (Lipinski definition) is 4. The molecule has 5 nitrogen and oxygen atoms in total. The zero-order chi connectivity index (χ0) is 11.4. The molecule has 2 rings (SSSR count). The Labute approximate surface area is 94.8 Å². The highest BCUT2D eigenvalue weighted by Crippen LogP contribution is 2.08. The SMILES string of the molecule is NCC(=O)N1CCN(Cc2ccco2)CC1. The van der Waals surface area contributed by atoms with Crippen LogP contribution in [0.2, 0.25) is 0 Å². The number of furan rings is 1. The third-order valence-electron chi connectivity index (χ3n) is 2.86. The minimum atomic E-state index is 0.0395. The molecule has 1 aliphatic rings. The molecule has 0 saturated carbocycles. The standard InChI is InChI=1S/C11H17N3O2/c12-8-11(15)14-5-3-13(4-6-14)9-10-2-1-7-16-10/h1-2,7H,3-6,8-9,12H2. The van der Waals surface area contributed by atoms with Gasteiger partial charge in [-0.1, -0.05) is 0 Å². The van der Waals surface area contributed by atoms with Crippen molar-refractivity contribution in [1.82, 2.24) is 9.80 Å². The fraction of sp³-hybridized carbons (Fsp3) is 0.545. The van der Waals surface area contributed by atoms with Crippen LogP contribution in [-0.2, 0) is 11.3 Å². The summed E-state index contributed by atoms with van der Waals surface area (Å²) in [6, 6.07) is 3.86. The monoisotopic (exact) mass is 223 g/mol. The van der Waals surface area contributed by atoms with Crippen molar-refractivity contribution in [3.63, 3.8) is 0 Å². The van der Waals surface area contributed by atoms with Crippen molar-refractivity contribution in [2.24, 2.45) is 5.73 Å². The van der Waals surface area contributed by atoms with Crippen LogP contribution < -0.4 is 5.73 Å². The van der Waals surface area contributed by atoms with Crippen molar-refractivity contribution in [1.29, 1.82) is 0 Å². The van der Waals surface area contributed by atoms with Gasteiger partial charge in [-0.25, -0.2) is 0 Å². The molecule has 1 fully saturated rings. The Morgan fingerprint density at radius 2 is 2.12 bits per heavy atom. The molecule has 2 heterocycles. The van der Waals surface area contributed by atoms with Crippen LogP contribution in [0.3, 0.4) is 0 Å². The van der Waals surface area contributed by atoms with Crippen LogP contribution in [-0.4, -0.2) is 48.4 Å². The molecule has 16 heavy (non-hydrogen) atoms. The minimum Gasteiger partial charge on any atom is -0.468 e. The highest BCUT2D eigenvalue weighted by atomic mass is 16.3.